The van der Waals surface area contributed by atoms with Gasteiger partial charge in [-0.2, -0.15) is 0 Å². The highest BCUT2D eigenvalue weighted by Crippen LogP contribution is 2.35. The molecule has 6 nitrogen and oxygen atoms in total. The molecule has 3 aromatic rings. The molecule has 3 atom stereocenters. The van der Waals surface area contributed by atoms with Crippen molar-refractivity contribution in [2.24, 2.45) is 11.8 Å². The first-order valence-electron chi connectivity index (χ1n) is 10.4. The van der Waals surface area contributed by atoms with E-state index < -0.39 is 17.8 Å². The minimum Gasteiger partial charge on any atom is -0.481 e. The number of carboxylic acids is 1. The first-order valence-corrected chi connectivity index (χ1v) is 11.2. The number of likely N-dealkylation sites (tertiary alicyclic amines) is 1. The summed E-state index contributed by atoms with van der Waals surface area (Å²) in [6.45, 7) is 3.02. The van der Waals surface area contributed by atoms with Crippen LogP contribution in [-0.2, 0) is 16.1 Å². The number of thiazole rings is 1. The molecule has 1 saturated heterocycles. The van der Waals surface area contributed by atoms with E-state index in [1.807, 2.05) is 67.6 Å². The van der Waals surface area contributed by atoms with Crippen molar-refractivity contribution < 1.29 is 14.7 Å². The molecule has 4 rings (SSSR count). The highest BCUT2D eigenvalue weighted by Gasteiger charge is 2.48. The van der Waals surface area contributed by atoms with Crippen LogP contribution in [0.4, 0.5) is 5.13 Å². The number of carbonyl (C=O) groups excluding carboxylic acids is 1. The van der Waals surface area contributed by atoms with E-state index in [1.54, 1.807) is 6.20 Å². The fourth-order valence-corrected chi connectivity index (χ4v) is 5.18. The molecule has 2 aromatic carbocycles. The number of hydrogen-bond donors (Lipinski definition) is 2. The largest absolute Gasteiger partial charge is 0.481 e. The fourth-order valence-electron chi connectivity index (χ4n) is 4.36. The average Bonchev–Trinajstić information content (AvgIpc) is 3.39. The monoisotopic (exact) mass is 435 g/mol. The van der Waals surface area contributed by atoms with Crippen LogP contribution in [0.25, 0.3) is 10.4 Å². The fraction of sp³-hybridized carbons (Fsp3) is 0.292. The van der Waals surface area contributed by atoms with Gasteiger partial charge in [0.15, 0.2) is 5.13 Å². The number of nitrogens with one attached hydrogen (secondary N) is 1. The topological polar surface area (TPSA) is 82.5 Å². The van der Waals surface area contributed by atoms with E-state index in [0.29, 0.717) is 24.6 Å². The zero-order valence-electron chi connectivity index (χ0n) is 17.3. The van der Waals surface area contributed by atoms with Crippen LogP contribution in [0.3, 0.4) is 0 Å². The summed E-state index contributed by atoms with van der Waals surface area (Å²) in [5.41, 5.74) is 2.14. The Morgan fingerprint density at radius 3 is 2.45 bits per heavy atom. The van der Waals surface area contributed by atoms with E-state index >= 15 is 0 Å². The van der Waals surface area contributed by atoms with Gasteiger partial charge in [0, 0.05) is 25.3 Å². The second-order valence-electron chi connectivity index (χ2n) is 7.75. The molecule has 0 saturated carbocycles. The number of anilines is 1. The molecule has 7 heteroatoms. The van der Waals surface area contributed by atoms with Crippen LogP contribution in [0.15, 0.2) is 66.9 Å². The van der Waals surface area contributed by atoms with Crippen molar-refractivity contribution >= 4 is 28.3 Å². The number of benzene rings is 2. The van der Waals surface area contributed by atoms with Crippen molar-refractivity contribution in [3.05, 3.63) is 72.4 Å². The molecule has 0 aliphatic carbocycles. The molecular weight excluding hydrogens is 410 g/mol. The van der Waals surface area contributed by atoms with Crippen molar-refractivity contribution in [2.75, 3.05) is 11.9 Å². The summed E-state index contributed by atoms with van der Waals surface area (Å²) in [5, 5.41) is 13.3. The summed E-state index contributed by atoms with van der Waals surface area (Å²) in [5.74, 6) is -2.58. The van der Waals surface area contributed by atoms with Gasteiger partial charge in [-0.1, -0.05) is 78.9 Å². The molecule has 1 aliphatic heterocycles. The standard InChI is InChI=1S/C24H25N3O3S/c1-2-19-21(23(29)30)18(15-27(19)14-16-9-5-3-6-10-16)22(28)26-24-25-13-20(31-24)17-11-7-4-8-12-17/h3-13,18-19,21H,2,14-15H2,1H3,(H,29,30)(H,25,26,28). The second kappa shape index (κ2) is 9.41. The van der Waals surface area contributed by atoms with E-state index in [0.717, 1.165) is 16.0 Å². The lowest BCUT2D eigenvalue weighted by atomic mass is 9.88. The Morgan fingerprint density at radius 2 is 1.81 bits per heavy atom. The number of amides is 1. The minimum atomic E-state index is -0.924. The lowest BCUT2D eigenvalue weighted by Gasteiger charge is -2.25. The number of nitrogens with zero attached hydrogens (tertiary/aromatic N) is 2. The Labute approximate surface area is 185 Å². The Bertz CT molecular complexity index is 1040. The predicted molar refractivity (Wildman–Crippen MR) is 122 cm³/mol. The second-order valence-corrected chi connectivity index (χ2v) is 8.78. The molecule has 31 heavy (non-hydrogen) atoms. The van der Waals surface area contributed by atoms with Crippen LogP contribution in [0.2, 0.25) is 0 Å². The third kappa shape index (κ3) is 4.68. The van der Waals surface area contributed by atoms with E-state index in [9.17, 15) is 14.7 Å². The maximum atomic E-state index is 13.1. The highest BCUT2D eigenvalue weighted by molar-refractivity contribution is 7.19. The zero-order chi connectivity index (χ0) is 21.8. The van der Waals surface area contributed by atoms with Crippen molar-refractivity contribution in [3.63, 3.8) is 0 Å². The molecule has 2 heterocycles. The number of aliphatic carboxylic acids is 1. The maximum absolute atomic E-state index is 13.1. The summed E-state index contributed by atoms with van der Waals surface area (Å²) < 4.78 is 0. The molecule has 3 unspecified atom stereocenters. The van der Waals surface area contributed by atoms with Crippen LogP contribution >= 0.6 is 11.3 Å². The summed E-state index contributed by atoms with van der Waals surface area (Å²) >= 11 is 1.39. The van der Waals surface area contributed by atoms with Gasteiger partial charge in [0.25, 0.3) is 0 Å². The number of hydrogen-bond acceptors (Lipinski definition) is 5. The number of carboxylic acid groups (broad SMARTS) is 1. The van der Waals surface area contributed by atoms with Crippen molar-refractivity contribution in [1.29, 1.82) is 0 Å². The number of rotatable bonds is 7. The first kappa shape index (κ1) is 21.2. The molecule has 0 bridgehead atoms. The van der Waals surface area contributed by atoms with Gasteiger partial charge in [-0.25, -0.2) is 4.98 Å². The SMILES string of the molecule is CCC1C(C(=O)O)C(C(=O)Nc2ncc(-c3ccccc3)s2)CN1Cc1ccccc1. The van der Waals surface area contributed by atoms with Gasteiger partial charge < -0.3 is 10.4 Å². The molecular formula is C24H25N3O3S. The van der Waals surface area contributed by atoms with Crippen molar-refractivity contribution in [3.8, 4) is 10.4 Å². The third-order valence-corrected chi connectivity index (χ3v) is 6.77. The smallest absolute Gasteiger partial charge is 0.308 e. The third-order valence-electron chi connectivity index (χ3n) is 5.81. The molecule has 2 N–H and O–H groups in total. The van der Waals surface area contributed by atoms with Crippen molar-refractivity contribution in [2.45, 2.75) is 25.9 Å². The van der Waals surface area contributed by atoms with Gasteiger partial charge in [-0.15, -0.1) is 0 Å². The van der Waals surface area contributed by atoms with Crippen LogP contribution < -0.4 is 5.32 Å². The molecule has 160 valence electrons. The number of carbonyl (C=O) groups is 2. The molecule has 0 radical (unpaired) electrons. The van der Waals surface area contributed by atoms with E-state index in [-0.39, 0.29) is 11.9 Å². The van der Waals surface area contributed by atoms with Gasteiger partial charge in [0.05, 0.1) is 16.7 Å². The van der Waals surface area contributed by atoms with Gasteiger partial charge in [0.2, 0.25) is 5.91 Å². The molecule has 1 aromatic heterocycles. The van der Waals surface area contributed by atoms with Gasteiger partial charge in [-0.3, -0.25) is 14.5 Å². The Balaban J connectivity index is 1.51. The molecule has 1 aliphatic rings. The average molecular weight is 436 g/mol. The summed E-state index contributed by atoms with van der Waals surface area (Å²) in [6, 6.07) is 19.6. The maximum Gasteiger partial charge on any atom is 0.308 e. The van der Waals surface area contributed by atoms with E-state index in [1.165, 1.54) is 11.3 Å². The van der Waals surface area contributed by atoms with Gasteiger partial charge in [0.1, 0.15) is 0 Å². The zero-order valence-corrected chi connectivity index (χ0v) is 18.1. The van der Waals surface area contributed by atoms with E-state index in [2.05, 4.69) is 15.2 Å². The van der Waals surface area contributed by atoms with Crippen LogP contribution in [0, 0.1) is 11.8 Å². The normalized spacial score (nSPS) is 21.1. The lowest BCUT2D eigenvalue weighted by molar-refractivity contribution is -0.146. The number of aromatic nitrogens is 1. The van der Waals surface area contributed by atoms with Gasteiger partial charge >= 0.3 is 5.97 Å². The Hall–Kier alpha value is -3.03. The van der Waals surface area contributed by atoms with Crippen LogP contribution in [-0.4, -0.2) is 39.5 Å². The molecule has 1 amide bonds. The van der Waals surface area contributed by atoms with E-state index in [4.69, 9.17) is 0 Å². The lowest BCUT2D eigenvalue weighted by Crippen LogP contribution is -2.37. The highest BCUT2D eigenvalue weighted by atomic mass is 32.1. The molecule has 1 fully saturated rings. The van der Waals surface area contributed by atoms with Gasteiger partial charge in [-0.05, 0) is 17.5 Å². The Kier molecular flexibility index (Phi) is 6.44. The Morgan fingerprint density at radius 1 is 1.13 bits per heavy atom. The minimum absolute atomic E-state index is 0.190. The van der Waals surface area contributed by atoms with Crippen molar-refractivity contribution in [1.82, 2.24) is 9.88 Å². The predicted octanol–water partition coefficient (Wildman–Crippen LogP) is 4.36. The van der Waals surface area contributed by atoms with Crippen LogP contribution in [0.5, 0.6) is 0 Å². The van der Waals surface area contributed by atoms with Crippen LogP contribution in [0.1, 0.15) is 18.9 Å². The quantitative estimate of drug-likeness (QED) is 0.576. The summed E-state index contributed by atoms with van der Waals surface area (Å²) in [6.07, 6.45) is 2.40. The summed E-state index contributed by atoms with van der Waals surface area (Å²) in [7, 11) is 0. The first-order chi connectivity index (χ1) is 15.1. The summed E-state index contributed by atoms with van der Waals surface area (Å²) in [4.78, 5) is 32.6. The molecule has 0 spiro atoms.